The van der Waals surface area contributed by atoms with Gasteiger partial charge >= 0.3 is 0 Å². The van der Waals surface area contributed by atoms with Gasteiger partial charge in [0.2, 0.25) is 11.8 Å². The third-order valence-corrected chi connectivity index (χ3v) is 7.59. The summed E-state index contributed by atoms with van der Waals surface area (Å²) in [5.74, 6) is -0.130. The van der Waals surface area contributed by atoms with Crippen LogP contribution in [-0.4, -0.2) is 16.8 Å². The van der Waals surface area contributed by atoms with E-state index in [9.17, 15) is 9.59 Å². The Labute approximate surface area is 134 Å². The lowest BCUT2D eigenvalue weighted by Crippen LogP contribution is -2.59. The quantitative estimate of drug-likeness (QED) is 0.746. The SMILES string of the molecule is CC1(C)[C@H]2CC[C@]1(C)C(=O)N(c1nc3c(s1)CCCC3)C2=O. The summed E-state index contributed by atoms with van der Waals surface area (Å²) in [5, 5.41) is 0.621. The molecule has 5 heteroatoms. The van der Waals surface area contributed by atoms with Gasteiger partial charge in [0.15, 0.2) is 5.13 Å². The summed E-state index contributed by atoms with van der Waals surface area (Å²) >= 11 is 1.55. The average Bonchev–Trinajstić information content (AvgIpc) is 2.95. The van der Waals surface area contributed by atoms with E-state index in [-0.39, 0.29) is 23.1 Å². The normalized spacial score (nSPS) is 33.2. The maximum absolute atomic E-state index is 13.1. The first-order valence-electron chi connectivity index (χ1n) is 8.23. The molecule has 3 aliphatic rings. The number of aromatic nitrogens is 1. The lowest BCUT2D eigenvalue weighted by molar-refractivity contribution is -0.146. The molecule has 2 atom stereocenters. The molecule has 2 heterocycles. The topological polar surface area (TPSA) is 50.3 Å². The van der Waals surface area contributed by atoms with E-state index in [1.807, 2.05) is 6.92 Å². The Kier molecular flexibility index (Phi) is 2.88. The van der Waals surface area contributed by atoms with Gasteiger partial charge in [-0.1, -0.05) is 20.8 Å². The largest absolute Gasteiger partial charge is 0.274 e. The molecule has 118 valence electrons. The van der Waals surface area contributed by atoms with Crippen LogP contribution >= 0.6 is 11.3 Å². The number of carbonyl (C=O) groups is 2. The summed E-state index contributed by atoms with van der Waals surface area (Å²) in [6, 6.07) is 0. The van der Waals surface area contributed by atoms with Crippen LogP contribution < -0.4 is 4.90 Å². The van der Waals surface area contributed by atoms with E-state index in [0.29, 0.717) is 5.13 Å². The molecule has 1 saturated heterocycles. The van der Waals surface area contributed by atoms with Gasteiger partial charge in [-0.2, -0.15) is 0 Å². The van der Waals surface area contributed by atoms with Crippen molar-refractivity contribution in [2.75, 3.05) is 4.90 Å². The zero-order valence-electron chi connectivity index (χ0n) is 13.4. The first-order chi connectivity index (χ1) is 10.4. The van der Waals surface area contributed by atoms with Crippen molar-refractivity contribution < 1.29 is 9.59 Å². The van der Waals surface area contributed by atoms with Crippen molar-refractivity contribution >= 4 is 28.3 Å². The molecule has 22 heavy (non-hydrogen) atoms. The summed E-state index contributed by atoms with van der Waals surface area (Å²) in [5.41, 5.74) is 0.404. The minimum atomic E-state index is -0.447. The fraction of sp³-hybridized carbons (Fsp3) is 0.706. The van der Waals surface area contributed by atoms with Crippen molar-refractivity contribution in [1.29, 1.82) is 0 Å². The molecule has 1 aromatic rings. The average molecular weight is 318 g/mol. The Balaban J connectivity index is 1.78. The van der Waals surface area contributed by atoms with Gasteiger partial charge in [-0.15, -0.1) is 11.3 Å². The molecule has 2 bridgehead atoms. The molecule has 0 spiro atoms. The van der Waals surface area contributed by atoms with Gasteiger partial charge in [-0.25, -0.2) is 9.88 Å². The first kappa shape index (κ1) is 14.4. The highest BCUT2D eigenvalue weighted by Crippen LogP contribution is 2.60. The number of rotatable bonds is 1. The Hall–Kier alpha value is -1.23. The van der Waals surface area contributed by atoms with Gasteiger partial charge in [-0.3, -0.25) is 9.59 Å². The Morgan fingerprint density at radius 2 is 1.91 bits per heavy atom. The van der Waals surface area contributed by atoms with E-state index >= 15 is 0 Å². The smallest absolute Gasteiger partial charge is 0.242 e. The third-order valence-electron chi connectivity index (χ3n) is 6.45. The van der Waals surface area contributed by atoms with E-state index in [1.54, 1.807) is 11.3 Å². The highest BCUT2D eigenvalue weighted by molar-refractivity contribution is 7.16. The van der Waals surface area contributed by atoms with Crippen molar-refractivity contribution in [3.05, 3.63) is 10.6 Å². The molecular formula is C17H22N2O2S. The zero-order chi connectivity index (χ0) is 15.7. The number of thiazole rings is 1. The summed E-state index contributed by atoms with van der Waals surface area (Å²) in [4.78, 5) is 33.4. The second-order valence-corrected chi connectivity index (χ2v) is 8.76. The molecule has 0 N–H and O–H groups in total. The molecule has 4 nitrogen and oxygen atoms in total. The number of imide groups is 1. The van der Waals surface area contributed by atoms with Gasteiger partial charge in [0.1, 0.15) is 0 Å². The van der Waals surface area contributed by atoms with E-state index < -0.39 is 5.41 Å². The van der Waals surface area contributed by atoms with Gasteiger partial charge in [0.25, 0.3) is 0 Å². The number of hydrogen-bond acceptors (Lipinski definition) is 4. The van der Waals surface area contributed by atoms with Crippen LogP contribution in [0.2, 0.25) is 0 Å². The fourth-order valence-corrected chi connectivity index (χ4v) is 5.59. The third kappa shape index (κ3) is 1.60. The van der Waals surface area contributed by atoms with Crippen LogP contribution in [0, 0.1) is 16.7 Å². The maximum Gasteiger partial charge on any atom is 0.242 e. The lowest BCUT2D eigenvalue weighted by atomic mass is 9.62. The van der Waals surface area contributed by atoms with Crippen LogP contribution in [0.25, 0.3) is 0 Å². The van der Waals surface area contributed by atoms with Gasteiger partial charge in [-0.05, 0) is 43.9 Å². The van der Waals surface area contributed by atoms with Crippen LogP contribution in [0.15, 0.2) is 0 Å². The molecular weight excluding hydrogens is 296 g/mol. The Morgan fingerprint density at radius 1 is 1.18 bits per heavy atom. The Morgan fingerprint density at radius 3 is 2.64 bits per heavy atom. The number of amides is 2. The van der Waals surface area contributed by atoms with Crippen LogP contribution in [0.4, 0.5) is 5.13 Å². The summed E-state index contributed by atoms with van der Waals surface area (Å²) in [7, 11) is 0. The molecule has 2 aliphatic carbocycles. The van der Waals surface area contributed by atoms with Gasteiger partial charge in [0.05, 0.1) is 11.1 Å². The molecule has 0 unspecified atom stereocenters. The number of aryl methyl sites for hydroxylation is 2. The minimum absolute atomic E-state index is 0.0314. The van der Waals surface area contributed by atoms with Crippen molar-refractivity contribution in [2.24, 2.45) is 16.7 Å². The summed E-state index contributed by atoms with van der Waals surface area (Å²) in [6.45, 7) is 6.18. The van der Waals surface area contributed by atoms with Crippen molar-refractivity contribution in [3.63, 3.8) is 0 Å². The first-order valence-corrected chi connectivity index (χ1v) is 9.05. The van der Waals surface area contributed by atoms with Gasteiger partial charge in [0, 0.05) is 10.8 Å². The number of nitrogens with zero attached hydrogens (tertiary/aromatic N) is 2. The minimum Gasteiger partial charge on any atom is -0.274 e. The number of hydrogen-bond donors (Lipinski definition) is 0. The van der Waals surface area contributed by atoms with Crippen LogP contribution in [0.3, 0.4) is 0 Å². The number of piperidine rings is 1. The van der Waals surface area contributed by atoms with Crippen LogP contribution in [-0.2, 0) is 22.4 Å². The van der Waals surface area contributed by atoms with E-state index in [1.165, 1.54) is 16.2 Å². The number of anilines is 1. The molecule has 0 aromatic carbocycles. The van der Waals surface area contributed by atoms with Crippen LogP contribution in [0.5, 0.6) is 0 Å². The monoisotopic (exact) mass is 318 g/mol. The van der Waals surface area contributed by atoms with E-state index in [4.69, 9.17) is 0 Å². The lowest BCUT2D eigenvalue weighted by Gasteiger charge is -2.46. The van der Waals surface area contributed by atoms with Crippen molar-refractivity contribution in [1.82, 2.24) is 4.98 Å². The van der Waals surface area contributed by atoms with Crippen LogP contribution in [0.1, 0.15) is 57.0 Å². The standard InChI is InChI=1S/C17H22N2O2S/c1-16(2)10-8-9-17(16,3)14(21)19(13(10)20)15-18-11-6-4-5-7-12(11)22-15/h10H,4-9H2,1-3H3/t10-,17+/m0/s1. The molecule has 2 amide bonds. The number of fused-ring (bicyclic) bond motifs is 3. The van der Waals surface area contributed by atoms with Crippen molar-refractivity contribution in [2.45, 2.75) is 59.3 Å². The molecule has 1 aromatic heterocycles. The highest BCUT2D eigenvalue weighted by atomic mass is 32.1. The van der Waals surface area contributed by atoms with E-state index in [2.05, 4.69) is 18.8 Å². The van der Waals surface area contributed by atoms with E-state index in [0.717, 1.165) is 37.8 Å². The predicted molar refractivity (Wildman–Crippen MR) is 85.9 cm³/mol. The molecule has 4 rings (SSSR count). The summed E-state index contributed by atoms with van der Waals surface area (Å²) < 4.78 is 0. The second kappa shape index (κ2) is 4.40. The number of carbonyl (C=O) groups excluding carboxylic acids is 2. The Bertz CT molecular complexity index is 655. The zero-order valence-corrected chi connectivity index (χ0v) is 14.3. The molecule has 1 saturated carbocycles. The van der Waals surface area contributed by atoms with Crippen molar-refractivity contribution in [3.8, 4) is 0 Å². The second-order valence-electron chi connectivity index (χ2n) is 7.70. The van der Waals surface area contributed by atoms with Gasteiger partial charge < -0.3 is 0 Å². The predicted octanol–water partition coefficient (Wildman–Crippen LogP) is 3.34. The summed E-state index contributed by atoms with van der Waals surface area (Å²) in [6.07, 6.45) is 5.98. The highest BCUT2D eigenvalue weighted by Gasteiger charge is 2.65. The fourth-order valence-electron chi connectivity index (χ4n) is 4.43. The maximum atomic E-state index is 13.1. The molecule has 0 radical (unpaired) electrons. The molecule has 2 fully saturated rings. The molecule has 1 aliphatic heterocycles.